The first-order chi connectivity index (χ1) is 15.3. The van der Waals surface area contributed by atoms with Gasteiger partial charge in [0.15, 0.2) is 0 Å². The number of hydrogen-bond donors (Lipinski definition) is 1. The van der Waals surface area contributed by atoms with Gasteiger partial charge >= 0.3 is 0 Å². The van der Waals surface area contributed by atoms with Gasteiger partial charge in [0.25, 0.3) is 0 Å². The molecular formula is C20H24F2N4O5S2. The van der Waals surface area contributed by atoms with Gasteiger partial charge in [-0.25, -0.2) is 25.6 Å². The Hall–Kier alpha value is -2.57. The first kappa shape index (κ1) is 26.7. The number of rotatable bonds is 10. The van der Waals surface area contributed by atoms with Crippen molar-refractivity contribution in [2.45, 2.75) is 47.6 Å². The summed E-state index contributed by atoms with van der Waals surface area (Å²) in [6.07, 6.45) is -1.27. The third-order valence-electron chi connectivity index (χ3n) is 4.71. The summed E-state index contributed by atoms with van der Waals surface area (Å²) in [5, 5.41) is 13.6. The van der Waals surface area contributed by atoms with Crippen molar-refractivity contribution in [1.82, 2.24) is 4.31 Å². The topological polar surface area (TPSA) is 141 Å². The van der Waals surface area contributed by atoms with Crippen LogP contribution in [0.2, 0.25) is 0 Å². The number of nitrogens with zero attached hydrogens (tertiary/aromatic N) is 4. The molecule has 180 valence electrons. The molecule has 1 unspecified atom stereocenters. The number of halogens is 2. The Kier molecular flexibility index (Phi) is 8.55. The molecule has 0 fully saturated rings. The lowest BCUT2D eigenvalue weighted by Gasteiger charge is -2.27. The summed E-state index contributed by atoms with van der Waals surface area (Å²) >= 11 is 0. The van der Waals surface area contributed by atoms with Crippen molar-refractivity contribution in [3.05, 3.63) is 64.5 Å². The highest BCUT2D eigenvalue weighted by molar-refractivity contribution is 7.91. The smallest absolute Gasteiger partial charge is 0.243 e. The van der Waals surface area contributed by atoms with Gasteiger partial charge in [-0.15, -0.1) is 0 Å². The SMILES string of the molecule is CC(C)CN(CC(O)[C@H](C)N=[N+]=[N-])S(=O)(=O)c1ccc(S(=O)(=O)c2ccc(F)cc2F)cc1. The summed E-state index contributed by atoms with van der Waals surface area (Å²) < 4.78 is 79.9. The van der Waals surface area contributed by atoms with Gasteiger partial charge in [-0.05, 0) is 47.8 Å². The molecule has 2 atom stereocenters. The number of aliphatic hydroxyl groups excluding tert-OH is 1. The fourth-order valence-electron chi connectivity index (χ4n) is 2.96. The van der Waals surface area contributed by atoms with Gasteiger partial charge < -0.3 is 5.11 Å². The van der Waals surface area contributed by atoms with Crippen molar-refractivity contribution in [3.8, 4) is 0 Å². The third kappa shape index (κ3) is 6.27. The molecule has 2 rings (SSSR count). The molecule has 0 bridgehead atoms. The van der Waals surface area contributed by atoms with Crippen LogP contribution in [0.5, 0.6) is 0 Å². The van der Waals surface area contributed by atoms with Crippen LogP contribution in [0.4, 0.5) is 8.78 Å². The molecule has 0 saturated carbocycles. The molecule has 33 heavy (non-hydrogen) atoms. The van der Waals surface area contributed by atoms with E-state index in [1.54, 1.807) is 13.8 Å². The van der Waals surface area contributed by atoms with Gasteiger partial charge in [0.05, 0.1) is 21.9 Å². The number of hydrogen-bond acceptors (Lipinski definition) is 6. The van der Waals surface area contributed by atoms with Gasteiger partial charge in [0.1, 0.15) is 16.5 Å². The van der Waals surface area contributed by atoms with Crippen LogP contribution in [0, 0.1) is 17.6 Å². The van der Waals surface area contributed by atoms with Crippen LogP contribution >= 0.6 is 0 Å². The van der Waals surface area contributed by atoms with E-state index in [2.05, 4.69) is 10.0 Å². The Balaban J connectivity index is 2.40. The first-order valence-corrected chi connectivity index (χ1v) is 12.8. The van der Waals surface area contributed by atoms with Crippen molar-refractivity contribution in [3.63, 3.8) is 0 Å². The van der Waals surface area contributed by atoms with Crippen molar-refractivity contribution >= 4 is 19.9 Å². The molecular weight excluding hydrogens is 478 g/mol. The van der Waals surface area contributed by atoms with Gasteiger partial charge in [-0.1, -0.05) is 25.9 Å². The molecule has 0 saturated heterocycles. The third-order valence-corrected chi connectivity index (χ3v) is 8.35. The van der Waals surface area contributed by atoms with Crippen LogP contribution in [-0.4, -0.2) is 51.5 Å². The van der Waals surface area contributed by atoms with Gasteiger partial charge in [-0.3, -0.25) is 0 Å². The number of aliphatic hydroxyl groups is 1. The summed E-state index contributed by atoms with van der Waals surface area (Å²) in [7, 11) is -8.52. The number of benzene rings is 2. The highest BCUT2D eigenvalue weighted by Gasteiger charge is 2.30. The average molecular weight is 503 g/mol. The van der Waals surface area contributed by atoms with Crippen LogP contribution < -0.4 is 0 Å². The first-order valence-electron chi connectivity index (χ1n) is 9.83. The molecule has 0 aliphatic heterocycles. The molecule has 0 amide bonds. The molecule has 0 radical (unpaired) electrons. The van der Waals surface area contributed by atoms with Crippen LogP contribution in [-0.2, 0) is 19.9 Å². The largest absolute Gasteiger partial charge is 0.391 e. The molecule has 0 aliphatic carbocycles. The summed E-state index contributed by atoms with van der Waals surface area (Å²) in [6.45, 7) is 4.70. The molecule has 0 aliphatic rings. The molecule has 0 aromatic heterocycles. The predicted molar refractivity (Wildman–Crippen MR) is 116 cm³/mol. The fraction of sp³-hybridized carbons (Fsp3) is 0.400. The maximum absolute atomic E-state index is 14.0. The van der Waals surface area contributed by atoms with Gasteiger partial charge in [0, 0.05) is 24.1 Å². The Morgan fingerprint density at radius 1 is 1.00 bits per heavy atom. The monoisotopic (exact) mass is 502 g/mol. The molecule has 1 N–H and O–H groups in total. The van der Waals surface area contributed by atoms with E-state index in [0.29, 0.717) is 6.07 Å². The summed E-state index contributed by atoms with van der Waals surface area (Å²) in [5.74, 6) is -2.31. The zero-order valence-electron chi connectivity index (χ0n) is 18.1. The van der Waals surface area contributed by atoms with Crippen molar-refractivity contribution in [2.75, 3.05) is 13.1 Å². The van der Waals surface area contributed by atoms with Crippen molar-refractivity contribution < 1.29 is 30.7 Å². The molecule has 0 spiro atoms. The van der Waals surface area contributed by atoms with Crippen molar-refractivity contribution in [2.24, 2.45) is 11.0 Å². The summed E-state index contributed by atoms with van der Waals surface area (Å²) in [5.41, 5.74) is 8.53. The van der Waals surface area contributed by atoms with E-state index in [1.807, 2.05) is 0 Å². The molecule has 2 aromatic rings. The minimum atomic E-state index is -4.36. The van der Waals surface area contributed by atoms with Crippen molar-refractivity contribution in [1.29, 1.82) is 0 Å². The summed E-state index contributed by atoms with van der Waals surface area (Å²) in [4.78, 5) is 1.25. The van der Waals surface area contributed by atoms with Gasteiger partial charge in [-0.2, -0.15) is 4.31 Å². The van der Waals surface area contributed by atoms with E-state index < -0.39 is 48.5 Å². The summed E-state index contributed by atoms with van der Waals surface area (Å²) in [6, 6.07) is 5.30. The molecule has 2 aromatic carbocycles. The normalized spacial score (nSPS) is 14.2. The van der Waals surface area contributed by atoms with E-state index in [9.17, 15) is 30.7 Å². The Bertz CT molecular complexity index is 1250. The highest BCUT2D eigenvalue weighted by Crippen LogP contribution is 2.26. The maximum atomic E-state index is 14.0. The van der Waals surface area contributed by atoms with E-state index in [4.69, 9.17) is 5.53 Å². The molecule has 13 heteroatoms. The fourth-order valence-corrected chi connectivity index (χ4v) is 5.89. The number of sulfone groups is 1. The predicted octanol–water partition coefficient (Wildman–Crippen LogP) is 3.50. The van der Waals surface area contributed by atoms with Crippen LogP contribution in [0.25, 0.3) is 10.4 Å². The second-order valence-electron chi connectivity index (χ2n) is 7.78. The lowest BCUT2D eigenvalue weighted by molar-refractivity contribution is 0.122. The minimum Gasteiger partial charge on any atom is -0.391 e. The van der Waals surface area contributed by atoms with Crippen LogP contribution in [0.3, 0.4) is 0 Å². The Morgan fingerprint density at radius 2 is 1.58 bits per heavy atom. The maximum Gasteiger partial charge on any atom is 0.243 e. The zero-order chi connectivity index (χ0) is 25.0. The lowest BCUT2D eigenvalue weighted by Crippen LogP contribution is -2.42. The second-order valence-corrected chi connectivity index (χ2v) is 11.6. The molecule has 0 heterocycles. The highest BCUT2D eigenvalue weighted by atomic mass is 32.2. The van der Waals surface area contributed by atoms with E-state index in [0.717, 1.165) is 40.7 Å². The van der Waals surface area contributed by atoms with E-state index in [1.165, 1.54) is 6.92 Å². The minimum absolute atomic E-state index is 0.0449. The Morgan fingerprint density at radius 3 is 2.09 bits per heavy atom. The Labute approximate surface area is 191 Å². The second kappa shape index (κ2) is 10.6. The zero-order valence-corrected chi connectivity index (χ0v) is 19.8. The van der Waals surface area contributed by atoms with Crippen LogP contribution in [0.1, 0.15) is 20.8 Å². The molecule has 9 nitrogen and oxygen atoms in total. The lowest BCUT2D eigenvalue weighted by atomic mass is 10.2. The number of sulfonamides is 1. The number of azide groups is 1. The van der Waals surface area contributed by atoms with E-state index in [-0.39, 0.29) is 28.8 Å². The standard InChI is InChI=1S/C20H24F2N4O5S2/c1-13(2)11-26(12-19(27)14(3)24-25-23)33(30,31)17-7-5-16(6-8-17)32(28,29)20-9-4-15(21)10-18(20)22/h4-10,13-14,19,27H,11-12H2,1-3H3/t14-,19?/m0/s1. The van der Waals surface area contributed by atoms with Gasteiger partial charge in [0.2, 0.25) is 19.9 Å². The average Bonchev–Trinajstić information content (AvgIpc) is 2.72. The quantitative estimate of drug-likeness (QED) is 0.229. The van der Waals surface area contributed by atoms with E-state index >= 15 is 0 Å². The van der Waals surface area contributed by atoms with Crippen LogP contribution in [0.15, 0.2) is 62.3 Å².